The second kappa shape index (κ2) is 4.47. The van der Waals surface area contributed by atoms with Crippen LogP contribution >= 0.6 is 0 Å². The van der Waals surface area contributed by atoms with Gasteiger partial charge < -0.3 is 5.32 Å². The molecule has 0 fully saturated rings. The molecule has 0 aliphatic heterocycles. The van der Waals surface area contributed by atoms with Gasteiger partial charge in [-0.25, -0.2) is 0 Å². The Hall–Kier alpha value is -1.64. The van der Waals surface area contributed by atoms with E-state index in [9.17, 15) is 9.59 Å². The number of Topliss-reactive ketones (excluding diaryl/α,β-unsaturated/α-hetero) is 1. The Balaban J connectivity index is 2.83. The van der Waals surface area contributed by atoms with Gasteiger partial charge in [0.2, 0.25) is 5.78 Å². The fraction of sp³-hybridized carbons (Fsp3) is 0.385. The van der Waals surface area contributed by atoms with Crippen LogP contribution in [0.25, 0.3) is 0 Å². The van der Waals surface area contributed by atoms with Gasteiger partial charge in [-0.15, -0.1) is 0 Å². The van der Waals surface area contributed by atoms with Gasteiger partial charge in [0.25, 0.3) is 5.91 Å². The van der Waals surface area contributed by atoms with Gasteiger partial charge in [-0.1, -0.05) is 23.8 Å². The van der Waals surface area contributed by atoms with Crippen LogP contribution in [0, 0.1) is 6.92 Å². The van der Waals surface area contributed by atoms with Gasteiger partial charge in [-0.3, -0.25) is 9.59 Å². The number of ketones is 1. The monoisotopic (exact) mass is 219 g/mol. The molecule has 3 nitrogen and oxygen atoms in total. The highest BCUT2D eigenvalue weighted by molar-refractivity contribution is 6.42. The van der Waals surface area contributed by atoms with E-state index in [0.29, 0.717) is 5.56 Å². The molecule has 1 amide bonds. The van der Waals surface area contributed by atoms with Gasteiger partial charge in [-0.05, 0) is 33.8 Å². The number of hydrogen-bond acceptors (Lipinski definition) is 2. The Bertz CT molecular complexity index is 416. The first-order valence-corrected chi connectivity index (χ1v) is 5.23. The summed E-state index contributed by atoms with van der Waals surface area (Å²) in [4.78, 5) is 23.4. The van der Waals surface area contributed by atoms with Crippen molar-refractivity contribution in [1.82, 2.24) is 5.32 Å². The number of amides is 1. The Kier molecular flexibility index (Phi) is 3.48. The minimum atomic E-state index is -0.557. The van der Waals surface area contributed by atoms with Crippen molar-refractivity contribution in [2.24, 2.45) is 0 Å². The van der Waals surface area contributed by atoms with Crippen molar-refractivity contribution in [1.29, 1.82) is 0 Å². The quantitative estimate of drug-likeness (QED) is 0.611. The van der Waals surface area contributed by atoms with Crippen LogP contribution in [0.3, 0.4) is 0 Å². The molecular formula is C13H17NO2. The van der Waals surface area contributed by atoms with E-state index in [4.69, 9.17) is 0 Å². The third kappa shape index (κ3) is 3.50. The maximum Gasteiger partial charge on any atom is 0.292 e. The normalized spacial score (nSPS) is 11.0. The Morgan fingerprint density at radius 2 is 1.81 bits per heavy atom. The van der Waals surface area contributed by atoms with Gasteiger partial charge >= 0.3 is 0 Å². The lowest BCUT2D eigenvalue weighted by molar-refractivity contribution is -0.118. The average molecular weight is 219 g/mol. The lowest BCUT2D eigenvalue weighted by atomic mass is 10.1. The predicted molar refractivity (Wildman–Crippen MR) is 63.4 cm³/mol. The molecule has 0 aromatic heterocycles. The minimum Gasteiger partial charge on any atom is -0.345 e. The number of hydrogen-bond donors (Lipinski definition) is 1. The maximum absolute atomic E-state index is 11.8. The Morgan fingerprint density at radius 1 is 1.19 bits per heavy atom. The van der Waals surface area contributed by atoms with Crippen LogP contribution in [0.2, 0.25) is 0 Å². The fourth-order valence-electron chi connectivity index (χ4n) is 1.31. The molecule has 0 atom stereocenters. The predicted octanol–water partition coefficient (Wildman–Crippen LogP) is 2.09. The highest BCUT2D eigenvalue weighted by atomic mass is 16.2. The molecule has 1 aromatic rings. The van der Waals surface area contributed by atoms with E-state index in [1.165, 1.54) is 0 Å². The summed E-state index contributed by atoms with van der Waals surface area (Å²) in [5, 5.41) is 2.65. The molecule has 1 rings (SSSR count). The summed E-state index contributed by atoms with van der Waals surface area (Å²) in [6, 6.07) is 7.02. The van der Waals surface area contributed by atoms with Crippen LogP contribution in [0.5, 0.6) is 0 Å². The van der Waals surface area contributed by atoms with Crippen LogP contribution in [0.4, 0.5) is 0 Å². The third-order valence-electron chi connectivity index (χ3n) is 1.98. The summed E-state index contributed by atoms with van der Waals surface area (Å²) in [6.07, 6.45) is 0. The van der Waals surface area contributed by atoms with Crippen molar-refractivity contribution < 1.29 is 9.59 Å². The standard InChI is InChI=1S/C13H17NO2/c1-9-6-5-7-10(8-9)11(15)12(16)14-13(2,3)4/h5-8H,1-4H3,(H,14,16). The molecule has 1 N–H and O–H groups in total. The molecule has 0 aliphatic rings. The van der Waals surface area contributed by atoms with Crippen LogP contribution in [0.1, 0.15) is 36.7 Å². The summed E-state index contributed by atoms with van der Waals surface area (Å²) in [5.41, 5.74) is 1.01. The molecule has 3 heteroatoms. The molecule has 0 saturated heterocycles. The molecule has 0 bridgehead atoms. The second-order valence-electron chi connectivity index (χ2n) is 4.90. The second-order valence-corrected chi connectivity index (χ2v) is 4.90. The molecule has 16 heavy (non-hydrogen) atoms. The smallest absolute Gasteiger partial charge is 0.292 e. The fourth-order valence-corrected chi connectivity index (χ4v) is 1.31. The highest BCUT2D eigenvalue weighted by Crippen LogP contribution is 2.06. The molecule has 0 saturated carbocycles. The number of carbonyl (C=O) groups excluding carboxylic acids is 2. The number of benzene rings is 1. The summed E-state index contributed by atoms with van der Waals surface area (Å²) < 4.78 is 0. The average Bonchev–Trinajstić information content (AvgIpc) is 2.14. The number of carbonyl (C=O) groups is 2. The van der Waals surface area contributed by atoms with Gasteiger partial charge in [0.05, 0.1) is 0 Å². The summed E-state index contributed by atoms with van der Waals surface area (Å²) in [7, 11) is 0. The highest BCUT2D eigenvalue weighted by Gasteiger charge is 2.21. The lowest BCUT2D eigenvalue weighted by Crippen LogP contribution is -2.44. The zero-order valence-corrected chi connectivity index (χ0v) is 10.1. The van der Waals surface area contributed by atoms with Gasteiger partial charge in [-0.2, -0.15) is 0 Å². The Morgan fingerprint density at radius 3 is 2.31 bits per heavy atom. The van der Waals surface area contributed by atoms with Crippen LogP contribution < -0.4 is 5.32 Å². The molecule has 0 radical (unpaired) electrons. The Labute approximate surface area is 95.9 Å². The first kappa shape index (κ1) is 12.4. The molecule has 0 aliphatic carbocycles. The van der Waals surface area contributed by atoms with Crippen molar-refractivity contribution in [2.75, 3.05) is 0 Å². The minimum absolute atomic E-state index is 0.392. The van der Waals surface area contributed by atoms with E-state index in [1.807, 2.05) is 33.8 Å². The van der Waals surface area contributed by atoms with Gasteiger partial charge in [0.1, 0.15) is 0 Å². The first-order valence-electron chi connectivity index (χ1n) is 5.23. The zero-order chi connectivity index (χ0) is 12.3. The van der Waals surface area contributed by atoms with E-state index < -0.39 is 17.2 Å². The van der Waals surface area contributed by atoms with E-state index in [2.05, 4.69) is 5.32 Å². The summed E-state index contributed by atoms with van der Waals surface area (Å²) in [6.45, 7) is 7.41. The SMILES string of the molecule is Cc1cccc(C(=O)C(=O)NC(C)(C)C)c1. The molecule has 1 aromatic carbocycles. The van der Waals surface area contributed by atoms with E-state index in [0.717, 1.165) is 5.56 Å². The number of aryl methyl sites for hydroxylation is 1. The van der Waals surface area contributed by atoms with Gasteiger partial charge in [0, 0.05) is 11.1 Å². The summed E-state index contributed by atoms with van der Waals surface area (Å²) >= 11 is 0. The third-order valence-corrected chi connectivity index (χ3v) is 1.98. The number of nitrogens with one attached hydrogen (secondary N) is 1. The maximum atomic E-state index is 11.8. The van der Waals surface area contributed by atoms with Gasteiger partial charge in [0.15, 0.2) is 0 Å². The van der Waals surface area contributed by atoms with Crippen molar-refractivity contribution in [2.45, 2.75) is 33.2 Å². The largest absolute Gasteiger partial charge is 0.345 e. The topological polar surface area (TPSA) is 46.2 Å². The molecule has 0 spiro atoms. The van der Waals surface area contributed by atoms with Crippen LogP contribution in [-0.4, -0.2) is 17.2 Å². The van der Waals surface area contributed by atoms with E-state index >= 15 is 0 Å². The molecule has 0 heterocycles. The van der Waals surface area contributed by atoms with E-state index in [-0.39, 0.29) is 0 Å². The number of rotatable bonds is 2. The van der Waals surface area contributed by atoms with Crippen LogP contribution in [-0.2, 0) is 4.79 Å². The van der Waals surface area contributed by atoms with Crippen molar-refractivity contribution in [3.05, 3.63) is 35.4 Å². The van der Waals surface area contributed by atoms with E-state index in [1.54, 1.807) is 18.2 Å². The first-order chi connectivity index (χ1) is 7.29. The molecule has 86 valence electrons. The molecule has 0 unspecified atom stereocenters. The lowest BCUT2D eigenvalue weighted by Gasteiger charge is -2.19. The van der Waals surface area contributed by atoms with Crippen molar-refractivity contribution in [3.8, 4) is 0 Å². The van der Waals surface area contributed by atoms with Crippen LogP contribution in [0.15, 0.2) is 24.3 Å². The van der Waals surface area contributed by atoms with Crippen molar-refractivity contribution in [3.63, 3.8) is 0 Å². The summed E-state index contributed by atoms with van der Waals surface area (Å²) in [5.74, 6) is -1.04. The zero-order valence-electron chi connectivity index (χ0n) is 10.1. The van der Waals surface area contributed by atoms with Crippen molar-refractivity contribution >= 4 is 11.7 Å². The molecular weight excluding hydrogens is 202 g/mol.